The summed E-state index contributed by atoms with van der Waals surface area (Å²) >= 11 is 0. The highest BCUT2D eigenvalue weighted by Gasteiger charge is 2.41. The molecule has 0 aliphatic carbocycles. The molecule has 1 fully saturated rings. The molecule has 26 heavy (non-hydrogen) atoms. The zero-order chi connectivity index (χ0) is 18.3. The molecule has 4 nitrogen and oxygen atoms in total. The first-order chi connectivity index (χ1) is 12.7. The molecule has 0 bridgehead atoms. The molecule has 4 rings (SSSR count). The van der Waals surface area contributed by atoms with Crippen molar-refractivity contribution in [1.29, 1.82) is 0 Å². The number of ether oxygens (including phenoxy) is 2. The van der Waals surface area contributed by atoms with Crippen molar-refractivity contribution in [3.63, 3.8) is 0 Å². The number of hydrogen-bond donors (Lipinski definition) is 1. The van der Waals surface area contributed by atoms with Crippen molar-refractivity contribution in [2.24, 2.45) is 11.8 Å². The Morgan fingerprint density at radius 3 is 2.96 bits per heavy atom. The summed E-state index contributed by atoms with van der Waals surface area (Å²) in [6, 6.07) is 6.73. The highest BCUT2D eigenvalue weighted by Crippen LogP contribution is 2.46. The zero-order valence-electron chi connectivity index (χ0n) is 16.0. The summed E-state index contributed by atoms with van der Waals surface area (Å²) in [5, 5.41) is 1.27. The Morgan fingerprint density at radius 1 is 1.38 bits per heavy atom. The van der Waals surface area contributed by atoms with Crippen LogP contribution in [0.3, 0.4) is 0 Å². The van der Waals surface area contributed by atoms with Crippen LogP contribution < -0.4 is 4.74 Å². The van der Waals surface area contributed by atoms with Gasteiger partial charge in [-0.2, -0.15) is 0 Å². The van der Waals surface area contributed by atoms with Crippen LogP contribution >= 0.6 is 0 Å². The minimum atomic E-state index is 0.434. The highest BCUT2D eigenvalue weighted by atomic mass is 16.5. The van der Waals surface area contributed by atoms with Crippen molar-refractivity contribution < 1.29 is 9.47 Å². The second kappa shape index (κ2) is 6.92. The summed E-state index contributed by atoms with van der Waals surface area (Å²) in [5.74, 6) is 2.10. The van der Waals surface area contributed by atoms with E-state index in [4.69, 9.17) is 9.47 Å². The number of benzene rings is 1. The number of piperidine rings is 1. The standard InChI is InChI=1S/C22H29N2O2/c1-5-15-12-24-10-9-16-21-18(7-6-8-20(21)26-4)23-22(16)19(24)11-17(15)14(2)13-25-3/h6-8,13,15,17,19,23H,1,5,9-12H2,2-4H3/q+1/b14-13+/t15-,17-,19+/m1/s1. The van der Waals surface area contributed by atoms with E-state index in [-0.39, 0.29) is 0 Å². The van der Waals surface area contributed by atoms with E-state index < -0.39 is 0 Å². The molecular formula is C22H29N2O2+. The molecule has 4 heteroatoms. The number of nitrogens with zero attached hydrogens (tertiary/aromatic N) is 1. The number of aromatic amines is 1. The Morgan fingerprint density at radius 2 is 2.23 bits per heavy atom. The molecule has 2 aliphatic rings. The third-order valence-corrected chi connectivity index (χ3v) is 6.34. The topological polar surface area (TPSA) is 37.5 Å². The summed E-state index contributed by atoms with van der Waals surface area (Å²) in [5.41, 5.74) is 5.35. The molecule has 0 spiro atoms. The van der Waals surface area contributed by atoms with Gasteiger partial charge in [0.2, 0.25) is 0 Å². The SMILES string of the molecule is [CH2+]C[C@@H]1CN2CCc3c([nH]c4cccc(OC)c34)[C@@H]2C[C@@H]1/C(C)=C/OC. The normalized spacial score (nSPS) is 26.4. The van der Waals surface area contributed by atoms with E-state index in [1.165, 1.54) is 27.7 Å². The van der Waals surface area contributed by atoms with Crippen LogP contribution in [-0.2, 0) is 11.2 Å². The predicted molar refractivity (Wildman–Crippen MR) is 105 cm³/mol. The van der Waals surface area contributed by atoms with Crippen LogP contribution in [0, 0.1) is 18.8 Å². The molecule has 2 aliphatic heterocycles. The van der Waals surface area contributed by atoms with Crippen LogP contribution in [0.25, 0.3) is 10.9 Å². The molecule has 138 valence electrons. The van der Waals surface area contributed by atoms with Crippen molar-refractivity contribution in [3.8, 4) is 5.75 Å². The highest BCUT2D eigenvalue weighted by molar-refractivity contribution is 5.91. The van der Waals surface area contributed by atoms with Gasteiger partial charge in [-0.25, -0.2) is 0 Å². The van der Waals surface area contributed by atoms with Gasteiger partial charge in [-0.1, -0.05) is 6.07 Å². The molecule has 1 aromatic heterocycles. The Hall–Kier alpha value is -2.07. The second-order valence-electron chi connectivity index (χ2n) is 7.65. The predicted octanol–water partition coefficient (Wildman–Crippen LogP) is 4.49. The molecule has 0 amide bonds. The van der Waals surface area contributed by atoms with Gasteiger partial charge in [-0.15, -0.1) is 0 Å². The van der Waals surface area contributed by atoms with E-state index in [2.05, 4.69) is 41.9 Å². The lowest BCUT2D eigenvalue weighted by atomic mass is 9.74. The summed E-state index contributed by atoms with van der Waals surface area (Å²) < 4.78 is 11.0. The van der Waals surface area contributed by atoms with Gasteiger partial charge in [0.15, 0.2) is 0 Å². The van der Waals surface area contributed by atoms with Gasteiger partial charge in [0.1, 0.15) is 5.75 Å². The van der Waals surface area contributed by atoms with Gasteiger partial charge in [-0.3, -0.25) is 4.90 Å². The zero-order valence-corrected chi connectivity index (χ0v) is 16.0. The Labute approximate surface area is 156 Å². The number of aromatic nitrogens is 1. The van der Waals surface area contributed by atoms with Crippen LogP contribution in [0.2, 0.25) is 0 Å². The maximum Gasteiger partial charge on any atom is 0.128 e. The smallest absolute Gasteiger partial charge is 0.128 e. The fraction of sp³-hybridized carbons (Fsp3) is 0.500. The van der Waals surface area contributed by atoms with Gasteiger partial charge in [0, 0.05) is 35.6 Å². The first kappa shape index (κ1) is 17.3. The lowest BCUT2D eigenvalue weighted by molar-refractivity contribution is 0.0650. The molecule has 1 N–H and O–H groups in total. The van der Waals surface area contributed by atoms with Crippen LogP contribution in [-0.4, -0.2) is 37.2 Å². The lowest BCUT2D eigenvalue weighted by Crippen LogP contribution is -2.46. The van der Waals surface area contributed by atoms with E-state index in [0.717, 1.165) is 38.1 Å². The van der Waals surface area contributed by atoms with Crippen LogP contribution in [0.15, 0.2) is 30.0 Å². The minimum absolute atomic E-state index is 0.434. The molecule has 0 saturated carbocycles. The van der Waals surface area contributed by atoms with Gasteiger partial charge < -0.3 is 14.5 Å². The van der Waals surface area contributed by atoms with E-state index in [1.807, 2.05) is 6.26 Å². The molecule has 3 atom stereocenters. The molecule has 3 heterocycles. The van der Waals surface area contributed by atoms with E-state index in [9.17, 15) is 0 Å². The Kier molecular flexibility index (Phi) is 4.62. The Bertz CT molecular complexity index is 823. The lowest BCUT2D eigenvalue weighted by Gasteiger charge is -2.45. The van der Waals surface area contributed by atoms with Crippen molar-refractivity contribution >= 4 is 10.9 Å². The fourth-order valence-corrected chi connectivity index (χ4v) is 5.08. The maximum atomic E-state index is 5.65. The van der Waals surface area contributed by atoms with Gasteiger partial charge >= 0.3 is 0 Å². The second-order valence-corrected chi connectivity index (χ2v) is 7.65. The summed E-state index contributed by atoms with van der Waals surface area (Å²) in [6.45, 7) is 8.64. The fourth-order valence-electron chi connectivity index (χ4n) is 5.08. The number of fused-ring (bicyclic) bond motifs is 5. The Balaban J connectivity index is 1.75. The largest absolute Gasteiger partial charge is 0.504 e. The number of H-pyrrole nitrogens is 1. The van der Waals surface area contributed by atoms with Gasteiger partial charge in [-0.05, 0) is 49.0 Å². The number of rotatable bonds is 4. The number of allylic oxidation sites excluding steroid dienone is 1. The summed E-state index contributed by atoms with van der Waals surface area (Å²) in [4.78, 5) is 6.38. The average Bonchev–Trinajstić information content (AvgIpc) is 3.06. The summed E-state index contributed by atoms with van der Waals surface area (Å²) in [6.07, 6.45) is 5.08. The van der Waals surface area contributed by atoms with Crippen molar-refractivity contribution in [2.75, 3.05) is 27.3 Å². The number of nitrogens with one attached hydrogen (secondary N) is 1. The van der Waals surface area contributed by atoms with Crippen LogP contribution in [0.4, 0.5) is 0 Å². The molecule has 0 unspecified atom stereocenters. The van der Waals surface area contributed by atoms with E-state index >= 15 is 0 Å². The molecule has 1 aromatic carbocycles. The third kappa shape index (κ3) is 2.67. The van der Waals surface area contributed by atoms with E-state index in [1.54, 1.807) is 14.2 Å². The molecule has 0 radical (unpaired) electrons. The third-order valence-electron chi connectivity index (χ3n) is 6.34. The first-order valence-corrected chi connectivity index (χ1v) is 9.58. The van der Waals surface area contributed by atoms with E-state index in [0.29, 0.717) is 17.9 Å². The molecule has 1 saturated heterocycles. The van der Waals surface area contributed by atoms with Crippen LogP contribution in [0.5, 0.6) is 5.75 Å². The van der Waals surface area contributed by atoms with Crippen molar-refractivity contribution in [2.45, 2.75) is 32.2 Å². The van der Waals surface area contributed by atoms with Crippen LogP contribution in [0.1, 0.15) is 37.1 Å². The maximum absolute atomic E-state index is 5.65. The van der Waals surface area contributed by atoms with Gasteiger partial charge in [0.05, 0.1) is 39.9 Å². The number of methoxy groups -OCH3 is 2. The van der Waals surface area contributed by atoms with Crippen molar-refractivity contribution in [3.05, 3.63) is 48.2 Å². The molecule has 2 aromatic rings. The summed E-state index contributed by atoms with van der Waals surface area (Å²) in [7, 11) is 3.50. The minimum Gasteiger partial charge on any atom is -0.504 e. The quantitative estimate of drug-likeness (QED) is 0.650. The first-order valence-electron chi connectivity index (χ1n) is 9.58. The van der Waals surface area contributed by atoms with Crippen molar-refractivity contribution in [1.82, 2.24) is 9.88 Å². The molecular weight excluding hydrogens is 324 g/mol. The van der Waals surface area contributed by atoms with Gasteiger partial charge in [0.25, 0.3) is 0 Å². The monoisotopic (exact) mass is 353 g/mol. The number of hydrogen-bond acceptors (Lipinski definition) is 3. The average molecular weight is 353 g/mol.